The molecule has 0 radical (unpaired) electrons. The zero-order valence-electron chi connectivity index (χ0n) is 14.9. The molecule has 0 heterocycles. The molecular weight excluding hydrogens is 366 g/mol. The molecule has 0 aliphatic heterocycles. The third kappa shape index (κ3) is 4.21. The molecule has 0 saturated heterocycles. The van der Waals surface area contributed by atoms with E-state index in [0.29, 0.717) is 28.5 Å². The molecule has 3 N–H and O–H groups in total. The number of hydrogen-bond acceptors (Lipinski definition) is 3. The number of nitrogens with two attached hydrogens (primary N) is 1. The fraction of sp³-hybridized carbons (Fsp3) is 0.316. The molecule has 0 aliphatic rings. The van der Waals surface area contributed by atoms with Crippen molar-refractivity contribution >= 4 is 5.97 Å². The molecule has 0 aromatic heterocycles. The quantitative estimate of drug-likeness (QED) is 0.737. The van der Waals surface area contributed by atoms with Gasteiger partial charge in [0.25, 0.3) is 0 Å². The van der Waals surface area contributed by atoms with Crippen molar-refractivity contribution in [3.63, 3.8) is 0 Å². The number of benzene rings is 2. The van der Waals surface area contributed by atoms with E-state index in [9.17, 15) is 22.4 Å². The van der Waals surface area contributed by atoms with E-state index in [1.54, 1.807) is 26.0 Å². The van der Waals surface area contributed by atoms with E-state index in [1.165, 1.54) is 13.2 Å². The number of aliphatic carboxylic acids is 1. The van der Waals surface area contributed by atoms with Crippen LogP contribution in [-0.2, 0) is 11.0 Å². The maximum Gasteiger partial charge on any atom is 0.419 e. The highest BCUT2D eigenvalue weighted by atomic mass is 19.4. The Balaban J connectivity index is 2.81. The van der Waals surface area contributed by atoms with Crippen LogP contribution in [0.3, 0.4) is 0 Å². The Kier molecular flexibility index (Phi) is 5.79. The van der Waals surface area contributed by atoms with Gasteiger partial charge in [0, 0.05) is 11.6 Å². The van der Waals surface area contributed by atoms with Crippen LogP contribution in [0, 0.1) is 19.7 Å². The van der Waals surface area contributed by atoms with Gasteiger partial charge in [-0.1, -0.05) is 6.07 Å². The normalized spacial score (nSPS) is 12.7. The largest absolute Gasteiger partial charge is 0.496 e. The first-order valence-electron chi connectivity index (χ1n) is 8.00. The summed E-state index contributed by atoms with van der Waals surface area (Å²) in [6.45, 7) is 3.38. The molecule has 27 heavy (non-hydrogen) atoms. The van der Waals surface area contributed by atoms with Crippen LogP contribution >= 0.6 is 0 Å². The molecule has 0 aliphatic carbocycles. The standard InChI is InChI=1S/C19H19F4NO3/c1-9-4-5-15(27-3)10(2)17(9)11-6-12(14(24)8-16(25)26)18(20)13(7-11)19(21,22)23/h4-7,14H,8,24H2,1-3H3,(H,25,26). The molecule has 0 spiro atoms. The molecule has 0 amide bonds. The van der Waals surface area contributed by atoms with Crippen molar-refractivity contribution in [2.75, 3.05) is 7.11 Å². The van der Waals surface area contributed by atoms with Crippen molar-refractivity contribution in [1.82, 2.24) is 0 Å². The first kappa shape index (κ1) is 20.7. The third-order valence-corrected chi connectivity index (χ3v) is 4.33. The van der Waals surface area contributed by atoms with Crippen molar-refractivity contribution in [3.05, 3.63) is 52.3 Å². The first-order valence-corrected chi connectivity index (χ1v) is 8.00. The number of hydrogen-bond donors (Lipinski definition) is 2. The predicted octanol–water partition coefficient (Wildman–Crippen LogP) is 4.61. The van der Waals surface area contributed by atoms with Crippen LogP contribution in [0.15, 0.2) is 24.3 Å². The molecule has 1 unspecified atom stereocenters. The van der Waals surface area contributed by atoms with Crippen molar-refractivity contribution in [2.45, 2.75) is 32.5 Å². The number of carbonyl (C=O) groups is 1. The summed E-state index contributed by atoms with van der Waals surface area (Å²) < 4.78 is 59.8. The Bertz CT molecular complexity index is 878. The average molecular weight is 385 g/mol. The van der Waals surface area contributed by atoms with Crippen LogP contribution in [0.4, 0.5) is 17.6 Å². The lowest BCUT2D eigenvalue weighted by Crippen LogP contribution is -2.19. The number of alkyl halides is 3. The summed E-state index contributed by atoms with van der Waals surface area (Å²) in [5, 5.41) is 8.87. The average Bonchev–Trinajstić information content (AvgIpc) is 2.54. The minimum absolute atomic E-state index is 0.0912. The zero-order chi connectivity index (χ0) is 20.5. The third-order valence-electron chi connectivity index (χ3n) is 4.33. The molecule has 146 valence electrons. The summed E-state index contributed by atoms with van der Waals surface area (Å²) in [5.74, 6) is -2.43. The monoisotopic (exact) mass is 385 g/mol. The molecule has 0 saturated carbocycles. The van der Waals surface area contributed by atoms with Crippen LogP contribution in [0.2, 0.25) is 0 Å². The molecular formula is C19H19F4NO3. The van der Waals surface area contributed by atoms with E-state index in [4.69, 9.17) is 15.6 Å². The topological polar surface area (TPSA) is 72.5 Å². The number of halogens is 4. The fourth-order valence-corrected chi connectivity index (χ4v) is 3.06. The van der Waals surface area contributed by atoms with Crippen molar-refractivity contribution in [1.29, 1.82) is 0 Å². The summed E-state index contributed by atoms with van der Waals surface area (Å²) in [4.78, 5) is 10.9. The molecule has 2 aromatic carbocycles. The van der Waals surface area contributed by atoms with Crippen LogP contribution < -0.4 is 10.5 Å². The van der Waals surface area contributed by atoms with Crippen molar-refractivity contribution in [2.24, 2.45) is 5.73 Å². The molecule has 0 bridgehead atoms. The Morgan fingerprint density at radius 3 is 2.41 bits per heavy atom. The van der Waals surface area contributed by atoms with Gasteiger partial charge in [-0.05, 0) is 54.3 Å². The Labute approximate surface area is 153 Å². The second kappa shape index (κ2) is 7.56. The Hall–Kier alpha value is -2.61. The van der Waals surface area contributed by atoms with Gasteiger partial charge >= 0.3 is 12.1 Å². The smallest absolute Gasteiger partial charge is 0.419 e. The maximum atomic E-state index is 14.5. The van der Waals surface area contributed by atoms with E-state index in [0.717, 1.165) is 0 Å². The van der Waals surface area contributed by atoms with Crippen LogP contribution in [0.1, 0.15) is 34.7 Å². The SMILES string of the molecule is COc1ccc(C)c(-c2cc(C(N)CC(=O)O)c(F)c(C(F)(F)F)c2)c1C. The Morgan fingerprint density at radius 1 is 1.26 bits per heavy atom. The van der Waals surface area contributed by atoms with Crippen LogP contribution in [0.5, 0.6) is 5.75 Å². The minimum Gasteiger partial charge on any atom is -0.496 e. The number of carboxylic acids is 1. The van der Waals surface area contributed by atoms with Gasteiger partial charge in [0.1, 0.15) is 11.6 Å². The number of aryl methyl sites for hydroxylation is 1. The van der Waals surface area contributed by atoms with Gasteiger partial charge in [0.05, 0.1) is 19.1 Å². The summed E-state index contributed by atoms with van der Waals surface area (Å²) in [7, 11) is 1.43. The van der Waals surface area contributed by atoms with Gasteiger partial charge in [-0.2, -0.15) is 13.2 Å². The van der Waals surface area contributed by atoms with E-state index in [-0.39, 0.29) is 5.56 Å². The van der Waals surface area contributed by atoms with E-state index in [2.05, 4.69) is 0 Å². The number of carboxylic acid groups (broad SMARTS) is 1. The lowest BCUT2D eigenvalue weighted by molar-refractivity contribution is -0.140. The number of methoxy groups -OCH3 is 1. The van der Waals surface area contributed by atoms with Gasteiger partial charge < -0.3 is 15.6 Å². The van der Waals surface area contributed by atoms with Gasteiger partial charge in [0.2, 0.25) is 0 Å². The van der Waals surface area contributed by atoms with Gasteiger partial charge in [-0.15, -0.1) is 0 Å². The van der Waals surface area contributed by atoms with E-state index < -0.39 is 41.6 Å². The maximum absolute atomic E-state index is 14.5. The lowest BCUT2D eigenvalue weighted by Gasteiger charge is -2.20. The van der Waals surface area contributed by atoms with Gasteiger partial charge in [-0.25, -0.2) is 4.39 Å². The first-order chi connectivity index (χ1) is 12.5. The van der Waals surface area contributed by atoms with Gasteiger partial charge in [0.15, 0.2) is 0 Å². The van der Waals surface area contributed by atoms with E-state index >= 15 is 0 Å². The molecule has 4 nitrogen and oxygen atoms in total. The summed E-state index contributed by atoms with van der Waals surface area (Å²) in [5.41, 5.74) is 5.47. The van der Waals surface area contributed by atoms with Crippen LogP contribution in [-0.4, -0.2) is 18.2 Å². The second-order valence-corrected chi connectivity index (χ2v) is 6.21. The lowest BCUT2D eigenvalue weighted by atomic mass is 9.90. The van der Waals surface area contributed by atoms with E-state index in [1.807, 2.05) is 0 Å². The highest BCUT2D eigenvalue weighted by Gasteiger charge is 2.37. The molecule has 2 rings (SSSR count). The fourth-order valence-electron chi connectivity index (χ4n) is 3.06. The summed E-state index contributed by atoms with van der Waals surface area (Å²) in [6.07, 6.45) is -5.66. The Morgan fingerprint density at radius 2 is 1.89 bits per heavy atom. The highest BCUT2D eigenvalue weighted by molar-refractivity contribution is 5.75. The summed E-state index contributed by atoms with van der Waals surface area (Å²) in [6, 6.07) is 3.82. The minimum atomic E-state index is -4.96. The number of ether oxygens (including phenoxy) is 1. The highest BCUT2D eigenvalue weighted by Crippen LogP contribution is 2.40. The number of rotatable bonds is 5. The molecule has 2 aromatic rings. The van der Waals surface area contributed by atoms with Crippen molar-refractivity contribution < 1.29 is 32.2 Å². The van der Waals surface area contributed by atoms with Crippen molar-refractivity contribution in [3.8, 4) is 16.9 Å². The predicted molar refractivity (Wildman–Crippen MR) is 92.0 cm³/mol. The van der Waals surface area contributed by atoms with Crippen LogP contribution in [0.25, 0.3) is 11.1 Å². The second-order valence-electron chi connectivity index (χ2n) is 6.21. The zero-order valence-corrected chi connectivity index (χ0v) is 14.9. The molecule has 1 atom stereocenters. The molecule has 8 heteroatoms. The van der Waals surface area contributed by atoms with Gasteiger partial charge in [-0.3, -0.25) is 4.79 Å². The molecule has 0 fully saturated rings. The summed E-state index contributed by atoms with van der Waals surface area (Å²) >= 11 is 0.